The zero-order chi connectivity index (χ0) is 7.98. The lowest BCUT2D eigenvalue weighted by Gasteiger charge is -2.05. The van der Waals surface area contributed by atoms with Crippen molar-refractivity contribution in [3.8, 4) is 0 Å². The number of hydrogen-bond donors (Lipinski definition) is 4. The Balaban J connectivity index is 3.60. The quantitative estimate of drug-likeness (QED) is 0.314. The smallest absolute Gasteiger partial charge is 0.135 e. The maximum Gasteiger partial charge on any atom is 0.135 e. The average Bonchev–Trinajstić information content (AvgIpc) is 1.89. The van der Waals surface area contributed by atoms with Crippen LogP contribution in [0.1, 0.15) is 0 Å². The van der Waals surface area contributed by atoms with Crippen molar-refractivity contribution in [2.24, 2.45) is 0 Å². The Morgan fingerprint density at radius 2 is 1.30 bits per heavy atom. The summed E-state index contributed by atoms with van der Waals surface area (Å²) in [4.78, 5) is 0.457. The molecule has 0 aromatic carbocycles. The number of hydrogen-bond acceptors (Lipinski definition) is 4. The lowest BCUT2D eigenvalue weighted by molar-refractivity contribution is 0.284. The monoisotopic (exact) mass is 180 g/mol. The average molecular weight is 180 g/mol. The molecule has 0 amide bonds. The number of rotatable bonds is 2. The van der Waals surface area contributed by atoms with Gasteiger partial charge in [-0.1, -0.05) is 24.4 Å². The predicted molar refractivity (Wildman–Crippen MR) is 45.6 cm³/mol. The molecule has 4 N–H and O–H groups in total. The van der Waals surface area contributed by atoms with Crippen molar-refractivity contribution in [2.45, 2.75) is 0 Å². The molecular formula is C4H8N2O2S2. The molecule has 0 bridgehead atoms. The standard InChI is InChI=1S/C4H8N2O2S2/c7-1-5-3(9)4(10)6-2-8/h7-8H,1-2H2,(H,5,9)(H,6,10). The van der Waals surface area contributed by atoms with Gasteiger partial charge in [0.25, 0.3) is 0 Å². The number of thiocarbonyl (C=S) groups is 2. The van der Waals surface area contributed by atoms with Crippen LogP contribution in [0, 0.1) is 0 Å². The highest BCUT2D eigenvalue weighted by Crippen LogP contribution is 1.75. The minimum absolute atomic E-state index is 0.228. The summed E-state index contributed by atoms with van der Waals surface area (Å²) in [6, 6.07) is 0. The van der Waals surface area contributed by atoms with Crippen molar-refractivity contribution in [1.29, 1.82) is 0 Å². The third kappa shape index (κ3) is 3.67. The molecule has 0 unspecified atom stereocenters. The summed E-state index contributed by atoms with van der Waals surface area (Å²) >= 11 is 9.31. The largest absolute Gasteiger partial charge is 0.377 e. The molecule has 10 heavy (non-hydrogen) atoms. The van der Waals surface area contributed by atoms with E-state index in [-0.39, 0.29) is 23.4 Å². The van der Waals surface area contributed by atoms with Crippen LogP contribution in [0.4, 0.5) is 0 Å². The second-order valence-electron chi connectivity index (χ2n) is 1.33. The first-order valence-electron chi connectivity index (χ1n) is 2.50. The maximum absolute atomic E-state index is 8.31. The van der Waals surface area contributed by atoms with E-state index in [2.05, 4.69) is 35.1 Å². The fourth-order valence-corrected chi connectivity index (χ4v) is 0.578. The van der Waals surface area contributed by atoms with E-state index in [0.29, 0.717) is 0 Å². The third-order valence-electron chi connectivity index (χ3n) is 0.685. The van der Waals surface area contributed by atoms with Crippen LogP contribution in [0.2, 0.25) is 0 Å². The molecule has 0 aliphatic carbocycles. The SMILES string of the molecule is OCNC(=S)C(=S)NCO. The van der Waals surface area contributed by atoms with Crippen molar-refractivity contribution in [2.75, 3.05) is 13.5 Å². The van der Waals surface area contributed by atoms with E-state index in [9.17, 15) is 0 Å². The van der Waals surface area contributed by atoms with E-state index in [1.54, 1.807) is 0 Å². The van der Waals surface area contributed by atoms with Gasteiger partial charge < -0.3 is 20.8 Å². The van der Waals surface area contributed by atoms with Crippen molar-refractivity contribution in [1.82, 2.24) is 10.6 Å². The molecule has 0 rings (SSSR count). The van der Waals surface area contributed by atoms with E-state index < -0.39 is 0 Å². The van der Waals surface area contributed by atoms with Crippen molar-refractivity contribution in [3.05, 3.63) is 0 Å². The van der Waals surface area contributed by atoms with Gasteiger partial charge in [-0.25, -0.2) is 0 Å². The molecule has 0 fully saturated rings. The van der Waals surface area contributed by atoms with Crippen molar-refractivity contribution in [3.63, 3.8) is 0 Å². The van der Waals surface area contributed by atoms with Gasteiger partial charge in [0.15, 0.2) is 0 Å². The molecule has 0 aromatic rings. The summed E-state index contributed by atoms with van der Waals surface area (Å²) in [5.41, 5.74) is 0. The van der Waals surface area contributed by atoms with Gasteiger partial charge in [-0.3, -0.25) is 0 Å². The zero-order valence-electron chi connectivity index (χ0n) is 5.13. The molecule has 0 aliphatic heterocycles. The van der Waals surface area contributed by atoms with E-state index in [1.165, 1.54) is 0 Å². The molecular weight excluding hydrogens is 172 g/mol. The molecule has 0 saturated heterocycles. The Hall–Kier alpha value is -0.300. The summed E-state index contributed by atoms with van der Waals surface area (Å²) < 4.78 is 0. The minimum atomic E-state index is -0.258. The first-order valence-corrected chi connectivity index (χ1v) is 3.31. The van der Waals surface area contributed by atoms with Crippen LogP contribution < -0.4 is 10.6 Å². The molecule has 6 heteroatoms. The first-order chi connectivity index (χ1) is 4.72. The topological polar surface area (TPSA) is 64.5 Å². The van der Waals surface area contributed by atoms with Gasteiger partial charge >= 0.3 is 0 Å². The Labute approximate surface area is 69.2 Å². The third-order valence-corrected chi connectivity index (χ3v) is 1.51. The van der Waals surface area contributed by atoms with E-state index >= 15 is 0 Å². The summed E-state index contributed by atoms with van der Waals surface area (Å²) in [5, 5.41) is 21.4. The fourth-order valence-electron chi connectivity index (χ4n) is 0.304. The van der Waals surface area contributed by atoms with Crippen LogP contribution in [0.15, 0.2) is 0 Å². The Bertz CT molecular complexity index is 123. The first kappa shape index (κ1) is 9.70. The number of aliphatic hydroxyl groups is 2. The minimum Gasteiger partial charge on any atom is -0.377 e. The molecule has 0 saturated carbocycles. The lowest BCUT2D eigenvalue weighted by Crippen LogP contribution is -2.37. The Morgan fingerprint density at radius 1 is 1.00 bits per heavy atom. The van der Waals surface area contributed by atoms with Crippen LogP contribution in [0.5, 0.6) is 0 Å². The highest BCUT2D eigenvalue weighted by atomic mass is 32.1. The van der Waals surface area contributed by atoms with Crippen LogP contribution in [-0.4, -0.2) is 33.7 Å². The predicted octanol–water partition coefficient (Wildman–Crippen LogP) is -1.28. The molecule has 0 spiro atoms. The fraction of sp³-hybridized carbons (Fsp3) is 0.500. The zero-order valence-corrected chi connectivity index (χ0v) is 6.76. The lowest BCUT2D eigenvalue weighted by atomic mass is 10.6. The second kappa shape index (κ2) is 5.48. The molecule has 0 radical (unpaired) electrons. The Morgan fingerprint density at radius 3 is 1.50 bits per heavy atom. The van der Waals surface area contributed by atoms with Gasteiger partial charge in [-0.15, -0.1) is 0 Å². The molecule has 4 nitrogen and oxygen atoms in total. The van der Waals surface area contributed by atoms with Gasteiger partial charge in [-0.05, 0) is 0 Å². The number of nitrogens with one attached hydrogen (secondary N) is 2. The van der Waals surface area contributed by atoms with E-state index in [1.807, 2.05) is 0 Å². The normalized spacial score (nSPS) is 8.60. The molecule has 0 atom stereocenters. The van der Waals surface area contributed by atoms with Crippen LogP contribution in [0.25, 0.3) is 0 Å². The van der Waals surface area contributed by atoms with Gasteiger partial charge in [0.05, 0.1) is 0 Å². The maximum atomic E-state index is 8.31. The summed E-state index contributed by atoms with van der Waals surface area (Å²) in [7, 11) is 0. The summed E-state index contributed by atoms with van der Waals surface area (Å²) in [5.74, 6) is 0. The second-order valence-corrected chi connectivity index (χ2v) is 2.14. The van der Waals surface area contributed by atoms with Gasteiger partial charge in [0.1, 0.15) is 23.4 Å². The highest BCUT2D eigenvalue weighted by molar-refractivity contribution is 7.89. The van der Waals surface area contributed by atoms with Crippen LogP contribution in [-0.2, 0) is 0 Å². The van der Waals surface area contributed by atoms with E-state index in [4.69, 9.17) is 10.2 Å². The van der Waals surface area contributed by atoms with Gasteiger partial charge in [0.2, 0.25) is 0 Å². The molecule has 58 valence electrons. The molecule has 0 aliphatic rings. The van der Waals surface area contributed by atoms with Crippen LogP contribution in [0.3, 0.4) is 0 Å². The van der Waals surface area contributed by atoms with Crippen molar-refractivity contribution >= 4 is 34.4 Å². The number of aliphatic hydroxyl groups excluding tert-OH is 2. The van der Waals surface area contributed by atoms with Crippen molar-refractivity contribution < 1.29 is 10.2 Å². The Kier molecular flexibility index (Phi) is 5.32. The molecule has 0 aromatic heterocycles. The van der Waals surface area contributed by atoms with E-state index in [0.717, 1.165) is 0 Å². The van der Waals surface area contributed by atoms with Gasteiger partial charge in [-0.2, -0.15) is 0 Å². The highest BCUT2D eigenvalue weighted by Gasteiger charge is 1.99. The molecule has 0 heterocycles. The summed E-state index contributed by atoms with van der Waals surface area (Å²) in [6.07, 6.45) is 0. The summed E-state index contributed by atoms with van der Waals surface area (Å²) in [6.45, 7) is -0.516. The van der Waals surface area contributed by atoms with Crippen LogP contribution >= 0.6 is 24.4 Å². The van der Waals surface area contributed by atoms with Gasteiger partial charge in [0, 0.05) is 0 Å².